The number of rotatable bonds is 3. The van der Waals surface area contributed by atoms with Crippen molar-refractivity contribution in [3.05, 3.63) is 70.5 Å². The topological polar surface area (TPSA) is 12.0 Å². The monoisotopic (exact) mass is 265 g/mol. The van der Waals surface area contributed by atoms with E-state index >= 15 is 0 Å². The zero-order valence-corrected chi connectivity index (χ0v) is 10.7. The van der Waals surface area contributed by atoms with Crippen LogP contribution in [0.5, 0.6) is 0 Å². The van der Waals surface area contributed by atoms with Gasteiger partial charge in [0, 0.05) is 11.1 Å². The molecule has 19 heavy (non-hydrogen) atoms. The summed E-state index contributed by atoms with van der Waals surface area (Å²) in [7, 11) is 1.54. The van der Waals surface area contributed by atoms with Crippen LogP contribution in [0.25, 0.3) is 0 Å². The molecular weight excluding hydrogens is 251 g/mol. The molecule has 2 aromatic carbocycles. The van der Waals surface area contributed by atoms with Crippen LogP contribution < -0.4 is 5.32 Å². The van der Waals surface area contributed by atoms with Crippen molar-refractivity contribution >= 4 is 0 Å². The molecule has 0 amide bonds. The summed E-state index contributed by atoms with van der Waals surface area (Å²) in [6, 6.07) is 7.65. The van der Waals surface area contributed by atoms with Gasteiger partial charge in [0.2, 0.25) is 0 Å². The molecule has 0 aliphatic rings. The van der Waals surface area contributed by atoms with Gasteiger partial charge in [-0.25, -0.2) is 13.2 Å². The van der Waals surface area contributed by atoms with E-state index in [1.807, 2.05) is 0 Å². The van der Waals surface area contributed by atoms with Crippen molar-refractivity contribution in [2.75, 3.05) is 7.05 Å². The van der Waals surface area contributed by atoms with Gasteiger partial charge in [-0.05, 0) is 31.7 Å². The Morgan fingerprint density at radius 3 is 2.26 bits per heavy atom. The minimum atomic E-state index is -0.860. The first-order valence-corrected chi connectivity index (χ1v) is 5.92. The van der Waals surface area contributed by atoms with Gasteiger partial charge >= 0.3 is 0 Å². The molecule has 1 nitrogen and oxygen atoms in total. The summed E-state index contributed by atoms with van der Waals surface area (Å²) < 4.78 is 41.8. The predicted octanol–water partition coefficient (Wildman–Crippen LogP) is 3.72. The lowest BCUT2D eigenvalue weighted by Crippen LogP contribution is -2.22. The fraction of sp³-hybridized carbons (Fsp3) is 0.200. The fourth-order valence-electron chi connectivity index (χ4n) is 2.11. The van der Waals surface area contributed by atoms with E-state index in [4.69, 9.17) is 0 Å². The third-order valence-corrected chi connectivity index (χ3v) is 3.11. The third-order valence-electron chi connectivity index (χ3n) is 3.11. The largest absolute Gasteiger partial charge is 0.309 e. The van der Waals surface area contributed by atoms with Gasteiger partial charge in [0.05, 0.1) is 6.04 Å². The first-order chi connectivity index (χ1) is 9.06. The molecule has 0 radical (unpaired) electrons. The van der Waals surface area contributed by atoms with E-state index < -0.39 is 23.5 Å². The smallest absolute Gasteiger partial charge is 0.134 e. The number of halogens is 3. The van der Waals surface area contributed by atoms with Gasteiger partial charge in [-0.15, -0.1) is 0 Å². The summed E-state index contributed by atoms with van der Waals surface area (Å²) in [5, 5.41) is 2.76. The quantitative estimate of drug-likeness (QED) is 0.891. The van der Waals surface area contributed by atoms with Gasteiger partial charge in [-0.2, -0.15) is 0 Å². The van der Waals surface area contributed by atoms with Crippen LogP contribution in [0.4, 0.5) is 13.2 Å². The van der Waals surface area contributed by atoms with Crippen LogP contribution in [0, 0.1) is 24.4 Å². The lowest BCUT2D eigenvalue weighted by atomic mass is 9.96. The molecule has 0 saturated carbocycles. The average Bonchev–Trinajstić information content (AvgIpc) is 2.40. The minimum absolute atomic E-state index is 0.160. The maximum Gasteiger partial charge on any atom is 0.134 e. The molecule has 1 N–H and O–H groups in total. The third kappa shape index (κ3) is 2.49. The molecule has 0 bridgehead atoms. The zero-order chi connectivity index (χ0) is 14.0. The molecule has 100 valence electrons. The van der Waals surface area contributed by atoms with Crippen LogP contribution in [0.15, 0.2) is 36.4 Å². The van der Waals surface area contributed by atoms with Crippen LogP contribution in [-0.2, 0) is 0 Å². The lowest BCUT2D eigenvalue weighted by Gasteiger charge is -2.20. The predicted molar refractivity (Wildman–Crippen MR) is 68.4 cm³/mol. The van der Waals surface area contributed by atoms with E-state index in [9.17, 15) is 13.2 Å². The molecule has 0 fully saturated rings. The van der Waals surface area contributed by atoms with Gasteiger partial charge in [0.1, 0.15) is 17.5 Å². The van der Waals surface area contributed by atoms with Crippen molar-refractivity contribution < 1.29 is 13.2 Å². The van der Waals surface area contributed by atoms with Crippen molar-refractivity contribution in [2.45, 2.75) is 13.0 Å². The summed E-state index contributed by atoms with van der Waals surface area (Å²) in [6.45, 7) is 1.55. The average molecular weight is 265 g/mol. The summed E-state index contributed by atoms with van der Waals surface area (Å²) in [5.74, 6) is -1.84. The molecule has 1 unspecified atom stereocenters. The molecule has 0 aliphatic heterocycles. The molecule has 0 heterocycles. The Hall–Kier alpha value is -1.81. The highest BCUT2D eigenvalue weighted by atomic mass is 19.1. The Labute approximate surface area is 110 Å². The van der Waals surface area contributed by atoms with Gasteiger partial charge in [0.25, 0.3) is 0 Å². The van der Waals surface area contributed by atoms with E-state index in [-0.39, 0.29) is 11.1 Å². The van der Waals surface area contributed by atoms with Crippen LogP contribution in [0.2, 0.25) is 0 Å². The summed E-state index contributed by atoms with van der Waals surface area (Å²) >= 11 is 0. The molecular formula is C15H14F3N. The molecule has 2 aromatic rings. The molecule has 1 atom stereocenters. The molecule has 0 saturated heterocycles. The van der Waals surface area contributed by atoms with E-state index in [0.717, 1.165) is 0 Å². The Balaban J connectivity index is 2.61. The second kappa shape index (κ2) is 5.45. The first-order valence-electron chi connectivity index (χ1n) is 5.92. The SMILES string of the molecule is CNC(c1ccccc1F)c1c(F)ccc(C)c1F. The van der Waals surface area contributed by atoms with Gasteiger partial charge in [0.15, 0.2) is 0 Å². The summed E-state index contributed by atoms with van der Waals surface area (Å²) in [4.78, 5) is 0. The first kappa shape index (κ1) is 13.6. The van der Waals surface area contributed by atoms with Gasteiger partial charge < -0.3 is 5.32 Å². The standard InChI is InChI=1S/C15H14F3N/c1-9-7-8-12(17)13(14(9)18)15(19-2)10-5-3-4-6-11(10)16/h3-8,15,19H,1-2H3. The molecule has 0 aliphatic carbocycles. The maximum absolute atomic E-state index is 14.1. The molecule has 2 rings (SSSR count). The van der Waals surface area contributed by atoms with Crippen LogP contribution in [0.1, 0.15) is 22.7 Å². The van der Waals surface area contributed by atoms with Crippen molar-refractivity contribution in [1.82, 2.24) is 5.32 Å². The molecule has 0 aromatic heterocycles. The summed E-state index contributed by atoms with van der Waals surface area (Å²) in [5.41, 5.74) is 0.383. The second-order valence-corrected chi connectivity index (χ2v) is 4.34. The van der Waals surface area contributed by atoms with E-state index in [0.29, 0.717) is 5.56 Å². The van der Waals surface area contributed by atoms with Crippen molar-refractivity contribution in [2.24, 2.45) is 0 Å². The normalized spacial score (nSPS) is 12.5. The second-order valence-electron chi connectivity index (χ2n) is 4.34. The minimum Gasteiger partial charge on any atom is -0.309 e. The number of hydrogen-bond acceptors (Lipinski definition) is 1. The summed E-state index contributed by atoms with van der Waals surface area (Å²) in [6.07, 6.45) is 0. The Kier molecular flexibility index (Phi) is 3.90. The Bertz CT molecular complexity index is 596. The highest BCUT2D eigenvalue weighted by Gasteiger charge is 2.23. The van der Waals surface area contributed by atoms with Crippen LogP contribution in [-0.4, -0.2) is 7.05 Å². The lowest BCUT2D eigenvalue weighted by molar-refractivity contribution is 0.504. The Morgan fingerprint density at radius 1 is 0.947 bits per heavy atom. The van der Waals surface area contributed by atoms with E-state index in [1.54, 1.807) is 20.0 Å². The fourth-order valence-corrected chi connectivity index (χ4v) is 2.11. The highest BCUT2D eigenvalue weighted by Crippen LogP contribution is 2.29. The maximum atomic E-state index is 14.1. The number of nitrogens with one attached hydrogen (secondary N) is 1. The van der Waals surface area contributed by atoms with Crippen LogP contribution >= 0.6 is 0 Å². The van der Waals surface area contributed by atoms with Crippen molar-refractivity contribution in [3.63, 3.8) is 0 Å². The van der Waals surface area contributed by atoms with Crippen molar-refractivity contribution in [3.8, 4) is 0 Å². The number of benzene rings is 2. The van der Waals surface area contributed by atoms with Crippen molar-refractivity contribution in [1.29, 1.82) is 0 Å². The van der Waals surface area contributed by atoms with E-state index in [2.05, 4.69) is 5.32 Å². The Morgan fingerprint density at radius 2 is 1.63 bits per heavy atom. The molecule has 4 heteroatoms. The number of hydrogen-bond donors (Lipinski definition) is 1. The zero-order valence-electron chi connectivity index (χ0n) is 10.7. The number of aryl methyl sites for hydroxylation is 1. The van der Waals surface area contributed by atoms with Gasteiger partial charge in [-0.3, -0.25) is 0 Å². The van der Waals surface area contributed by atoms with Crippen LogP contribution in [0.3, 0.4) is 0 Å². The van der Waals surface area contributed by atoms with Gasteiger partial charge in [-0.1, -0.05) is 24.3 Å². The molecule has 0 spiro atoms. The highest BCUT2D eigenvalue weighted by molar-refractivity contribution is 5.37. The van der Waals surface area contributed by atoms with E-state index in [1.165, 1.54) is 30.3 Å².